The number of nitrogens with zero attached hydrogens (tertiary/aromatic N) is 2. The molecule has 0 unspecified atom stereocenters. The fourth-order valence-electron chi connectivity index (χ4n) is 1.06. The van der Waals surface area contributed by atoms with E-state index in [2.05, 4.69) is 0 Å². The number of nitro benzene ring substituents is 1. The summed E-state index contributed by atoms with van der Waals surface area (Å²) in [6.45, 7) is 0. The summed E-state index contributed by atoms with van der Waals surface area (Å²) in [6.07, 6.45) is 0. The van der Waals surface area contributed by atoms with Crippen molar-refractivity contribution in [3.8, 4) is 0 Å². The summed E-state index contributed by atoms with van der Waals surface area (Å²) in [5.41, 5.74) is -0.585. The maximum atomic E-state index is 11.5. The zero-order chi connectivity index (χ0) is 13.9. The molecule has 0 atom stereocenters. The lowest BCUT2D eigenvalue weighted by molar-refractivity contribution is -0.387. The Kier molecular flexibility index (Phi) is 4.27. The number of rotatable bonds is 3. The predicted octanol–water partition coefficient (Wildman–Crippen LogP) is 2.07. The second kappa shape index (κ2) is 5.50. The van der Waals surface area contributed by atoms with Crippen molar-refractivity contribution in [2.45, 2.75) is 4.90 Å². The maximum Gasteiger partial charge on any atom is 0.335 e. The molecule has 1 aromatic rings. The molecule has 1 amide bonds. The van der Waals surface area contributed by atoms with Gasteiger partial charge in [0.25, 0.3) is 10.9 Å². The first kappa shape index (κ1) is 14.0. The van der Waals surface area contributed by atoms with Gasteiger partial charge in [0.05, 0.1) is 15.4 Å². The fraction of sp³-hybridized carbons (Fsp3) is 0.200. The van der Waals surface area contributed by atoms with Crippen LogP contribution in [0.4, 0.5) is 10.5 Å². The highest BCUT2D eigenvalue weighted by molar-refractivity contribution is 8.13. The smallest absolute Gasteiger partial charge is 0.335 e. The molecule has 1 rings (SSSR count). The van der Waals surface area contributed by atoms with E-state index in [1.807, 2.05) is 0 Å². The first-order valence-corrected chi connectivity index (χ1v) is 5.55. The number of amides is 1. The zero-order valence-electron chi connectivity index (χ0n) is 9.61. The fourth-order valence-corrected chi connectivity index (χ4v) is 1.81. The van der Waals surface area contributed by atoms with Crippen molar-refractivity contribution in [2.24, 2.45) is 0 Å². The zero-order valence-corrected chi connectivity index (χ0v) is 10.4. The van der Waals surface area contributed by atoms with Crippen molar-refractivity contribution in [1.29, 1.82) is 0 Å². The van der Waals surface area contributed by atoms with Crippen molar-refractivity contribution >= 4 is 28.7 Å². The lowest BCUT2D eigenvalue weighted by Crippen LogP contribution is -2.16. The minimum atomic E-state index is -1.26. The topological polar surface area (TPSA) is 101 Å². The van der Waals surface area contributed by atoms with Crippen LogP contribution in [0.5, 0.6) is 0 Å². The average molecular weight is 270 g/mol. The Morgan fingerprint density at radius 2 is 2.00 bits per heavy atom. The SMILES string of the molecule is CN(C)C(=O)Sc1ccc(C(=O)O)cc1[N+](=O)[O-]. The third-order valence-electron chi connectivity index (χ3n) is 1.97. The number of benzene rings is 1. The van der Waals surface area contributed by atoms with Crippen molar-refractivity contribution in [1.82, 2.24) is 4.90 Å². The van der Waals surface area contributed by atoms with Crippen LogP contribution in [-0.2, 0) is 0 Å². The number of carbonyl (C=O) groups excluding carboxylic acids is 1. The molecular weight excluding hydrogens is 260 g/mol. The molecule has 1 aromatic carbocycles. The quantitative estimate of drug-likeness (QED) is 0.512. The highest BCUT2D eigenvalue weighted by Gasteiger charge is 2.20. The number of aromatic carboxylic acids is 1. The minimum Gasteiger partial charge on any atom is -0.478 e. The Hall–Kier alpha value is -2.09. The molecule has 0 aliphatic heterocycles. The molecule has 0 aliphatic carbocycles. The van der Waals surface area contributed by atoms with Gasteiger partial charge in [0.15, 0.2) is 0 Å². The van der Waals surface area contributed by atoms with Crippen LogP contribution in [0.15, 0.2) is 23.1 Å². The van der Waals surface area contributed by atoms with Crippen LogP contribution in [0.1, 0.15) is 10.4 Å². The molecule has 0 radical (unpaired) electrons. The third-order valence-corrected chi connectivity index (χ3v) is 3.07. The van der Waals surface area contributed by atoms with Crippen molar-refractivity contribution in [3.05, 3.63) is 33.9 Å². The lowest BCUT2D eigenvalue weighted by Gasteiger charge is -2.09. The molecule has 0 spiro atoms. The molecule has 96 valence electrons. The summed E-state index contributed by atoms with van der Waals surface area (Å²) < 4.78 is 0. The first-order chi connectivity index (χ1) is 8.32. The van der Waals surface area contributed by atoms with Gasteiger partial charge in [-0.05, 0) is 23.9 Å². The van der Waals surface area contributed by atoms with E-state index in [1.165, 1.54) is 31.1 Å². The molecule has 0 saturated carbocycles. The molecule has 1 N–H and O–H groups in total. The van der Waals surface area contributed by atoms with Crippen LogP contribution in [0, 0.1) is 10.1 Å². The molecule has 7 nitrogen and oxygen atoms in total. The number of hydrogen-bond donors (Lipinski definition) is 1. The average Bonchev–Trinajstić information content (AvgIpc) is 2.28. The highest BCUT2D eigenvalue weighted by atomic mass is 32.2. The van der Waals surface area contributed by atoms with E-state index >= 15 is 0 Å². The number of carboxylic acids is 1. The molecular formula is C10H10N2O5S. The van der Waals surface area contributed by atoms with Gasteiger partial charge in [-0.3, -0.25) is 14.9 Å². The lowest BCUT2D eigenvalue weighted by atomic mass is 10.2. The van der Waals surface area contributed by atoms with Crippen LogP contribution in [0.2, 0.25) is 0 Å². The molecule has 0 fully saturated rings. The van der Waals surface area contributed by atoms with Gasteiger partial charge in [-0.1, -0.05) is 0 Å². The van der Waals surface area contributed by atoms with E-state index in [0.717, 1.165) is 6.07 Å². The number of carboxylic acid groups (broad SMARTS) is 1. The monoisotopic (exact) mass is 270 g/mol. The molecule has 0 aromatic heterocycles. The highest BCUT2D eigenvalue weighted by Crippen LogP contribution is 2.31. The van der Waals surface area contributed by atoms with Crippen LogP contribution in [0.3, 0.4) is 0 Å². The van der Waals surface area contributed by atoms with Gasteiger partial charge in [0.2, 0.25) is 0 Å². The summed E-state index contributed by atoms with van der Waals surface area (Å²) in [4.78, 5) is 33.7. The summed E-state index contributed by atoms with van der Waals surface area (Å²) >= 11 is 0.679. The Bertz CT molecular complexity index is 515. The van der Waals surface area contributed by atoms with Gasteiger partial charge < -0.3 is 10.0 Å². The first-order valence-electron chi connectivity index (χ1n) is 4.73. The molecule has 0 bridgehead atoms. The van der Waals surface area contributed by atoms with E-state index in [-0.39, 0.29) is 15.7 Å². The van der Waals surface area contributed by atoms with Gasteiger partial charge in [0.1, 0.15) is 0 Å². The Morgan fingerprint density at radius 3 is 2.44 bits per heavy atom. The summed E-state index contributed by atoms with van der Waals surface area (Å²) in [6, 6.07) is 3.42. The van der Waals surface area contributed by atoms with Crippen molar-refractivity contribution < 1.29 is 19.6 Å². The number of hydrogen-bond acceptors (Lipinski definition) is 5. The number of carbonyl (C=O) groups is 2. The molecule has 18 heavy (non-hydrogen) atoms. The number of thioether (sulfide) groups is 1. The van der Waals surface area contributed by atoms with E-state index in [1.54, 1.807) is 0 Å². The third kappa shape index (κ3) is 3.20. The second-order valence-corrected chi connectivity index (χ2v) is 4.50. The second-order valence-electron chi connectivity index (χ2n) is 3.51. The standard InChI is InChI=1S/C10H10N2O5S/c1-11(2)10(15)18-8-4-3-6(9(13)14)5-7(8)12(16)17/h3-5H,1-2H3,(H,13,14). The normalized spacial score (nSPS) is 9.89. The molecule has 0 heterocycles. The number of nitro groups is 1. The summed E-state index contributed by atoms with van der Waals surface area (Å²) in [5, 5.41) is 19.2. The molecule has 8 heteroatoms. The van der Waals surface area contributed by atoms with E-state index in [9.17, 15) is 19.7 Å². The molecule has 0 saturated heterocycles. The van der Waals surface area contributed by atoms with Gasteiger partial charge in [0, 0.05) is 20.2 Å². The van der Waals surface area contributed by atoms with Gasteiger partial charge in [-0.2, -0.15) is 0 Å². The maximum absolute atomic E-state index is 11.5. The Balaban J connectivity index is 3.16. The van der Waals surface area contributed by atoms with E-state index < -0.39 is 16.6 Å². The predicted molar refractivity (Wildman–Crippen MR) is 65.0 cm³/mol. The van der Waals surface area contributed by atoms with Crippen LogP contribution < -0.4 is 0 Å². The van der Waals surface area contributed by atoms with Crippen molar-refractivity contribution in [3.63, 3.8) is 0 Å². The molecule has 0 aliphatic rings. The largest absolute Gasteiger partial charge is 0.478 e. The van der Waals surface area contributed by atoms with Crippen LogP contribution in [0.25, 0.3) is 0 Å². The van der Waals surface area contributed by atoms with Crippen LogP contribution in [-0.4, -0.2) is 40.2 Å². The van der Waals surface area contributed by atoms with Gasteiger partial charge in [-0.25, -0.2) is 4.79 Å². The summed E-state index contributed by atoms with van der Waals surface area (Å²) in [5.74, 6) is -1.26. The minimum absolute atomic E-state index is 0.115. The Labute approximate surface area is 107 Å². The Morgan fingerprint density at radius 1 is 1.39 bits per heavy atom. The van der Waals surface area contributed by atoms with E-state index in [4.69, 9.17) is 5.11 Å². The van der Waals surface area contributed by atoms with Crippen molar-refractivity contribution in [2.75, 3.05) is 14.1 Å². The van der Waals surface area contributed by atoms with Gasteiger partial charge in [-0.15, -0.1) is 0 Å². The van der Waals surface area contributed by atoms with E-state index in [0.29, 0.717) is 11.8 Å². The van der Waals surface area contributed by atoms with Crippen LogP contribution >= 0.6 is 11.8 Å². The summed E-state index contributed by atoms with van der Waals surface area (Å²) in [7, 11) is 3.04. The van der Waals surface area contributed by atoms with Gasteiger partial charge >= 0.3 is 5.97 Å².